The summed E-state index contributed by atoms with van der Waals surface area (Å²) < 4.78 is 0. The number of likely N-dealkylation sites (tertiary alicyclic amines) is 1. The molecule has 7 heteroatoms. The summed E-state index contributed by atoms with van der Waals surface area (Å²) in [6, 6.07) is 6.42. The number of rotatable bonds is 3. The fraction of sp³-hybridized carbons (Fsp3) is 0.667. The third kappa shape index (κ3) is 4.29. The maximum absolute atomic E-state index is 13.1. The van der Waals surface area contributed by atoms with Gasteiger partial charge in [0.25, 0.3) is 0 Å². The number of carbonyl (C=O) groups is 2. The number of benzene rings is 1. The molecule has 2 amide bonds. The highest BCUT2D eigenvalue weighted by Gasteiger charge is 2.44. The first-order chi connectivity index (χ1) is 15.0. The Hall–Kier alpha value is -1.79. The van der Waals surface area contributed by atoms with Crippen molar-refractivity contribution in [3.05, 3.63) is 28.8 Å². The highest BCUT2D eigenvalue weighted by molar-refractivity contribution is 6.30. The molecule has 3 atom stereocenters. The van der Waals surface area contributed by atoms with E-state index < -0.39 is 0 Å². The van der Waals surface area contributed by atoms with Gasteiger partial charge in [0.05, 0.1) is 6.54 Å². The van der Waals surface area contributed by atoms with Crippen LogP contribution in [0, 0.1) is 18.8 Å². The summed E-state index contributed by atoms with van der Waals surface area (Å²) in [5.74, 6) is 1.65. The van der Waals surface area contributed by atoms with E-state index in [4.69, 9.17) is 11.6 Å². The Morgan fingerprint density at radius 1 is 1.13 bits per heavy atom. The molecule has 4 heterocycles. The van der Waals surface area contributed by atoms with Crippen molar-refractivity contribution in [2.75, 3.05) is 57.3 Å². The molecule has 0 aromatic heterocycles. The van der Waals surface area contributed by atoms with Gasteiger partial charge in [-0.1, -0.05) is 17.7 Å². The van der Waals surface area contributed by atoms with E-state index in [2.05, 4.69) is 27.7 Å². The summed E-state index contributed by atoms with van der Waals surface area (Å²) in [6.07, 6.45) is 4.10. The number of halogens is 1. The Labute approximate surface area is 190 Å². The predicted octanol–water partition coefficient (Wildman–Crippen LogP) is 2.63. The van der Waals surface area contributed by atoms with Crippen LogP contribution < -0.4 is 4.90 Å². The summed E-state index contributed by atoms with van der Waals surface area (Å²) in [5.41, 5.74) is 2.40. The van der Waals surface area contributed by atoms with E-state index in [1.54, 1.807) is 0 Å². The van der Waals surface area contributed by atoms with Gasteiger partial charge in [-0.3, -0.25) is 14.5 Å². The molecular weight excluding hydrogens is 412 g/mol. The molecule has 2 bridgehead atoms. The summed E-state index contributed by atoms with van der Waals surface area (Å²) in [4.78, 5) is 34.3. The quantitative estimate of drug-likeness (QED) is 0.719. The number of carbonyl (C=O) groups excluding carboxylic acids is 2. The fourth-order valence-corrected chi connectivity index (χ4v) is 6.42. The first kappa shape index (κ1) is 21.1. The number of piperazine rings is 1. The van der Waals surface area contributed by atoms with Crippen LogP contribution in [0.5, 0.6) is 0 Å². The SMILES string of the molecule is Cc1ccc(Cl)cc1N1CCN(C(=O)CN2C[C@H]3C[C@H](C2)[C@H]2CCCC(=O)N2C3)CC1. The minimum atomic E-state index is 0.249. The minimum absolute atomic E-state index is 0.249. The molecule has 5 rings (SSSR count). The van der Waals surface area contributed by atoms with Crippen molar-refractivity contribution in [2.24, 2.45) is 11.8 Å². The van der Waals surface area contributed by atoms with Crippen LogP contribution in [0.3, 0.4) is 0 Å². The number of amides is 2. The van der Waals surface area contributed by atoms with Crippen molar-refractivity contribution < 1.29 is 9.59 Å². The second-order valence-corrected chi connectivity index (χ2v) is 10.3. The van der Waals surface area contributed by atoms with E-state index in [-0.39, 0.29) is 5.91 Å². The van der Waals surface area contributed by atoms with Crippen LogP contribution in [-0.2, 0) is 9.59 Å². The second kappa shape index (κ2) is 8.62. The van der Waals surface area contributed by atoms with Crippen molar-refractivity contribution in [1.82, 2.24) is 14.7 Å². The van der Waals surface area contributed by atoms with Gasteiger partial charge in [0.1, 0.15) is 0 Å². The molecule has 0 unspecified atom stereocenters. The Morgan fingerprint density at radius 2 is 1.94 bits per heavy atom. The molecule has 4 aliphatic rings. The van der Waals surface area contributed by atoms with E-state index >= 15 is 0 Å². The number of anilines is 1. The van der Waals surface area contributed by atoms with Gasteiger partial charge in [-0.05, 0) is 55.7 Å². The molecule has 6 nitrogen and oxygen atoms in total. The second-order valence-electron chi connectivity index (χ2n) is 9.86. The van der Waals surface area contributed by atoms with Crippen LogP contribution in [0.15, 0.2) is 18.2 Å². The molecule has 31 heavy (non-hydrogen) atoms. The summed E-state index contributed by atoms with van der Waals surface area (Å²) in [5, 5.41) is 0.757. The van der Waals surface area contributed by atoms with Crippen molar-refractivity contribution in [3.63, 3.8) is 0 Å². The zero-order valence-electron chi connectivity index (χ0n) is 18.4. The Morgan fingerprint density at radius 3 is 2.74 bits per heavy atom. The van der Waals surface area contributed by atoms with E-state index in [9.17, 15) is 9.59 Å². The molecule has 0 saturated carbocycles. The lowest BCUT2D eigenvalue weighted by Crippen LogP contribution is -2.61. The normalized spacial score (nSPS) is 29.2. The summed E-state index contributed by atoms with van der Waals surface area (Å²) in [7, 11) is 0. The lowest BCUT2D eigenvalue weighted by atomic mass is 9.76. The van der Waals surface area contributed by atoms with Crippen molar-refractivity contribution in [3.8, 4) is 0 Å². The van der Waals surface area contributed by atoms with Crippen molar-refractivity contribution in [2.45, 2.75) is 38.6 Å². The van der Waals surface area contributed by atoms with Crippen LogP contribution in [0.4, 0.5) is 5.69 Å². The molecule has 0 radical (unpaired) electrons. The maximum Gasteiger partial charge on any atom is 0.236 e. The molecule has 4 saturated heterocycles. The Kier molecular flexibility index (Phi) is 5.86. The lowest BCUT2D eigenvalue weighted by molar-refractivity contribution is -0.146. The van der Waals surface area contributed by atoms with Gasteiger partial charge in [-0.2, -0.15) is 0 Å². The van der Waals surface area contributed by atoms with Crippen LogP contribution >= 0.6 is 11.6 Å². The average molecular weight is 445 g/mol. The molecule has 168 valence electrons. The number of aryl methyl sites for hydroxylation is 1. The van der Waals surface area contributed by atoms with E-state index in [0.29, 0.717) is 30.3 Å². The number of hydrogen-bond donors (Lipinski definition) is 0. The number of fused-ring (bicyclic) bond motifs is 4. The molecule has 1 aromatic rings. The number of nitrogens with zero attached hydrogens (tertiary/aromatic N) is 4. The number of piperidine rings is 3. The lowest BCUT2D eigenvalue weighted by Gasteiger charge is -2.52. The van der Waals surface area contributed by atoms with Gasteiger partial charge in [0.2, 0.25) is 11.8 Å². The molecule has 0 aliphatic carbocycles. The molecule has 0 spiro atoms. The Balaban J connectivity index is 1.16. The first-order valence-corrected chi connectivity index (χ1v) is 12.2. The summed E-state index contributed by atoms with van der Waals surface area (Å²) >= 11 is 6.20. The van der Waals surface area contributed by atoms with Crippen LogP contribution in [0.2, 0.25) is 5.02 Å². The van der Waals surface area contributed by atoms with Crippen LogP contribution in [0.1, 0.15) is 31.2 Å². The average Bonchev–Trinajstić information content (AvgIpc) is 2.76. The van der Waals surface area contributed by atoms with Crippen molar-refractivity contribution >= 4 is 29.1 Å². The molecular formula is C24H33ClN4O2. The monoisotopic (exact) mass is 444 g/mol. The van der Waals surface area contributed by atoms with Gasteiger partial charge >= 0.3 is 0 Å². The standard InChI is InChI=1S/C24H33ClN4O2/c1-17-5-6-20(25)12-22(17)27-7-9-28(10-8-27)24(31)16-26-13-18-11-19(15-26)21-3-2-4-23(30)29(21)14-18/h5-6,12,18-19,21H,2-4,7-11,13-16H2,1H3/t18-,19-,21-/m1/s1. The highest BCUT2D eigenvalue weighted by atomic mass is 35.5. The van der Waals surface area contributed by atoms with Gasteiger partial charge in [-0.15, -0.1) is 0 Å². The molecule has 4 aliphatic heterocycles. The number of hydrogen-bond acceptors (Lipinski definition) is 4. The zero-order chi connectivity index (χ0) is 21.5. The maximum atomic E-state index is 13.1. The summed E-state index contributed by atoms with van der Waals surface area (Å²) in [6.45, 7) is 8.63. The third-order valence-corrected chi connectivity index (χ3v) is 7.99. The minimum Gasteiger partial charge on any atom is -0.368 e. The predicted molar refractivity (Wildman–Crippen MR) is 122 cm³/mol. The van der Waals surface area contributed by atoms with Gasteiger partial charge in [0.15, 0.2) is 0 Å². The Bertz CT molecular complexity index is 854. The van der Waals surface area contributed by atoms with Gasteiger partial charge < -0.3 is 14.7 Å². The van der Waals surface area contributed by atoms with E-state index in [1.807, 2.05) is 17.0 Å². The molecule has 1 aromatic carbocycles. The van der Waals surface area contributed by atoms with Gasteiger partial charge in [0, 0.05) is 69.0 Å². The van der Waals surface area contributed by atoms with Crippen molar-refractivity contribution in [1.29, 1.82) is 0 Å². The largest absolute Gasteiger partial charge is 0.368 e. The molecule has 0 N–H and O–H groups in total. The molecule has 4 fully saturated rings. The smallest absolute Gasteiger partial charge is 0.236 e. The van der Waals surface area contributed by atoms with Crippen LogP contribution in [-0.4, -0.2) is 84.9 Å². The highest BCUT2D eigenvalue weighted by Crippen LogP contribution is 2.37. The first-order valence-electron chi connectivity index (χ1n) is 11.8. The van der Waals surface area contributed by atoms with Gasteiger partial charge in [-0.25, -0.2) is 0 Å². The zero-order valence-corrected chi connectivity index (χ0v) is 19.2. The van der Waals surface area contributed by atoms with Crippen LogP contribution in [0.25, 0.3) is 0 Å². The van der Waals surface area contributed by atoms with E-state index in [1.165, 1.54) is 17.7 Å². The third-order valence-electron chi connectivity index (χ3n) is 7.76. The van der Waals surface area contributed by atoms with E-state index in [0.717, 1.165) is 70.1 Å². The fourth-order valence-electron chi connectivity index (χ4n) is 6.25. The topological polar surface area (TPSA) is 47.1 Å².